The number of nitrogens with zero attached hydrogens (tertiary/aromatic N) is 1. The van der Waals surface area contributed by atoms with E-state index in [2.05, 4.69) is 10.3 Å². The molecule has 0 unspecified atom stereocenters. The zero-order chi connectivity index (χ0) is 16.1. The Morgan fingerprint density at radius 3 is 2.82 bits per heavy atom. The van der Waals surface area contributed by atoms with Gasteiger partial charge in [0.05, 0.1) is 16.1 Å². The molecule has 22 heavy (non-hydrogen) atoms. The van der Waals surface area contributed by atoms with Gasteiger partial charge in [0.2, 0.25) is 0 Å². The van der Waals surface area contributed by atoms with Crippen LogP contribution in [-0.2, 0) is 4.79 Å². The first kappa shape index (κ1) is 16.2. The fourth-order valence-corrected chi connectivity index (χ4v) is 2.50. The molecule has 1 heterocycles. The Hall–Kier alpha value is -2.14. The van der Waals surface area contributed by atoms with Crippen molar-refractivity contribution in [2.24, 2.45) is 0 Å². The molecule has 116 valence electrons. The third-order valence-corrected chi connectivity index (χ3v) is 3.73. The number of pyridine rings is 1. The van der Waals surface area contributed by atoms with Crippen molar-refractivity contribution >= 4 is 34.4 Å². The third-order valence-electron chi connectivity index (χ3n) is 3.41. The molecular formula is C16H17ClN2O3. The highest BCUT2D eigenvalue weighted by molar-refractivity contribution is 6.35. The number of aromatic nitrogens is 1. The topological polar surface area (TPSA) is 79.3 Å². The average molecular weight is 321 g/mol. The normalized spacial score (nSPS) is 12.1. The Morgan fingerprint density at radius 1 is 1.36 bits per heavy atom. The van der Waals surface area contributed by atoms with Crippen molar-refractivity contribution in [3.63, 3.8) is 0 Å². The van der Waals surface area contributed by atoms with Gasteiger partial charge >= 0.3 is 5.97 Å². The first-order valence-corrected chi connectivity index (χ1v) is 7.49. The van der Waals surface area contributed by atoms with Crippen LogP contribution in [0.5, 0.6) is 0 Å². The number of aliphatic carboxylic acids is 1. The Balaban J connectivity index is 2.32. The molecule has 2 aromatic rings. The summed E-state index contributed by atoms with van der Waals surface area (Å²) in [7, 11) is 0. The molecule has 2 rings (SSSR count). The monoisotopic (exact) mass is 320 g/mol. The van der Waals surface area contributed by atoms with E-state index >= 15 is 0 Å². The van der Waals surface area contributed by atoms with Crippen LogP contribution in [0.15, 0.2) is 30.5 Å². The van der Waals surface area contributed by atoms with Crippen molar-refractivity contribution in [3.8, 4) is 0 Å². The van der Waals surface area contributed by atoms with Crippen molar-refractivity contribution in [1.82, 2.24) is 10.3 Å². The zero-order valence-corrected chi connectivity index (χ0v) is 12.9. The van der Waals surface area contributed by atoms with Crippen molar-refractivity contribution in [2.45, 2.75) is 32.2 Å². The summed E-state index contributed by atoms with van der Waals surface area (Å²) < 4.78 is 0. The molecular weight excluding hydrogens is 304 g/mol. The summed E-state index contributed by atoms with van der Waals surface area (Å²) in [6.07, 6.45) is 3.60. The highest BCUT2D eigenvalue weighted by atomic mass is 35.5. The highest BCUT2D eigenvalue weighted by Gasteiger charge is 2.22. The second-order valence-corrected chi connectivity index (χ2v) is 5.41. The molecule has 1 aromatic carbocycles. The first-order chi connectivity index (χ1) is 10.5. The van der Waals surface area contributed by atoms with E-state index in [1.54, 1.807) is 30.5 Å². The van der Waals surface area contributed by atoms with Gasteiger partial charge in [-0.25, -0.2) is 4.79 Å². The van der Waals surface area contributed by atoms with Crippen LogP contribution in [-0.4, -0.2) is 28.0 Å². The number of amides is 1. The Labute approximate surface area is 133 Å². The average Bonchev–Trinajstić information content (AvgIpc) is 2.50. The molecule has 0 aliphatic carbocycles. The molecule has 0 bridgehead atoms. The Bertz CT molecular complexity index is 703. The predicted molar refractivity (Wildman–Crippen MR) is 85.2 cm³/mol. The molecule has 0 spiro atoms. The summed E-state index contributed by atoms with van der Waals surface area (Å²) in [5, 5.41) is 12.6. The van der Waals surface area contributed by atoms with Gasteiger partial charge < -0.3 is 10.4 Å². The summed E-state index contributed by atoms with van der Waals surface area (Å²) in [5.41, 5.74) is 0.896. The number of hydrogen-bond acceptors (Lipinski definition) is 3. The van der Waals surface area contributed by atoms with Gasteiger partial charge in [-0.2, -0.15) is 0 Å². The summed E-state index contributed by atoms with van der Waals surface area (Å²) in [4.78, 5) is 27.9. The van der Waals surface area contributed by atoms with E-state index in [-0.39, 0.29) is 10.6 Å². The number of fused-ring (bicyclic) bond motifs is 1. The third kappa shape index (κ3) is 3.54. The summed E-state index contributed by atoms with van der Waals surface area (Å²) in [6.45, 7) is 1.97. The molecule has 1 atom stereocenters. The van der Waals surface area contributed by atoms with Gasteiger partial charge in [0.1, 0.15) is 6.04 Å². The maximum Gasteiger partial charge on any atom is 0.326 e. The zero-order valence-electron chi connectivity index (χ0n) is 12.2. The molecule has 1 amide bonds. The molecule has 0 aliphatic heterocycles. The molecule has 0 aliphatic rings. The van der Waals surface area contributed by atoms with Gasteiger partial charge in [0.15, 0.2) is 0 Å². The number of halogens is 1. The molecule has 0 fully saturated rings. The van der Waals surface area contributed by atoms with Gasteiger partial charge in [-0.05, 0) is 24.6 Å². The fraction of sp³-hybridized carbons (Fsp3) is 0.312. The van der Waals surface area contributed by atoms with Crippen LogP contribution in [0.25, 0.3) is 10.9 Å². The summed E-state index contributed by atoms with van der Waals surface area (Å²) in [6, 6.07) is 5.84. The first-order valence-electron chi connectivity index (χ1n) is 7.11. The van der Waals surface area contributed by atoms with E-state index in [1.807, 2.05) is 6.92 Å². The predicted octanol–water partition coefficient (Wildman–Crippen LogP) is 3.26. The molecule has 0 radical (unpaired) electrons. The number of carboxylic acids is 1. The van der Waals surface area contributed by atoms with Crippen LogP contribution in [0.2, 0.25) is 5.02 Å². The minimum Gasteiger partial charge on any atom is -0.480 e. The second kappa shape index (κ2) is 7.22. The van der Waals surface area contributed by atoms with Crippen molar-refractivity contribution in [3.05, 3.63) is 41.0 Å². The molecule has 0 saturated carbocycles. The highest BCUT2D eigenvalue weighted by Crippen LogP contribution is 2.25. The van der Waals surface area contributed by atoms with E-state index in [4.69, 9.17) is 11.6 Å². The molecule has 6 heteroatoms. The molecule has 1 aromatic heterocycles. The van der Waals surface area contributed by atoms with Crippen molar-refractivity contribution in [1.29, 1.82) is 0 Å². The Kier molecular flexibility index (Phi) is 5.33. The second-order valence-electron chi connectivity index (χ2n) is 5.00. The Morgan fingerprint density at radius 2 is 2.14 bits per heavy atom. The van der Waals surface area contributed by atoms with Crippen LogP contribution >= 0.6 is 11.6 Å². The molecule has 2 N–H and O–H groups in total. The van der Waals surface area contributed by atoms with Crippen molar-refractivity contribution < 1.29 is 14.7 Å². The standard InChI is InChI=1S/C16H17ClN2O3/c1-2-3-6-13(16(21)22)19-15(20)14-10-5-4-9-18-12(10)8-7-11(14)17/h4-5,7-9,13H,2-3,6H2,1H3,(H,19,20)(H,21,22)/t13-/m1/s1. The van der Waals surface area contributed by atoms with Crippen LogP contribution < -0.4 is 5.32 Å². The van der Waals surface area contributed by atoms with E-state index in [9.17, 15) is 14.7 Å². The van der Waals surface area contributed by atoms with Gasteiger partial charge in [-0.15, -0.1) is 0 Å². The van der Waals surface area contributed by atoms with Crippen LogP contribution in [0.1, 0.15) is 36.5 Å². The number of nitrogens with one attached hydrogen (secondary N) is 1. The number of hydrogen-bond donors (Lipinski definition) is 2. The van der Waals surface area contributed by atoms with Crippen LogP contribution in [0, 0.1) is 0 Å². The van der Waals surface area contributed by atoms with E-state index in [0.717, 1.165) is 12.8 Å². The van der Waals surface area contributed by atoms with Crippen molar-refractivity contribution in [2.75, 3.05) is 0 Å². The number of carboxylic acid groups (broad SMARTS) is 1. The minimum atomic E-state index is -1.05. The number of carbonyl (C=O) groups is 2. The number of benzene rings is 1. The van der Waals surface area contributed by atoms with Gasteiger partial charge in [-0.3, -0.25) is 9.78 Å². The maximum absolute atomic E-state index is 12.5. The lowest BCUT2D eigenvalue weighted by molar-refractivity contribution is -0.139. The smallest absolute Gasteiger partial charge is 0.326 e. The molecule has 5 nitrogen and oxygen atoms in total. The van der Waals surface area contributed by atoms with Gasteiger partial charge in [0.25, 0.3) is 5.91 Å². The van der Waals surface area contributed by atoms with E-state index in [1.165, 1.54) is 0 Å². The SMILES string of the molecule is CCCC[C@@H](NC(=O)c1c(Cl)ccc2ncccc12)C(=O)O. The summed E-state index contributed by atoms with van der Waals surface area (Å²) >= 11 is 6.13. The van der Waals surface area contributed by atoms with Gasteiger partial charge in [0, 0.05) is 11.6 Å². The van der Waals surface area contributed by atoms with E-state index < -0.39 is 17.9 Å². The van der Waals surface area contributed by atoms with E-state index in [0.29, 0.717) is 17.3 Å². The quantitative estimate of drug-likeness (QED) is 0.856. The van der Waals surface area contributed by atoms with Gasteiger partial charge in [-0.1, -0.05) is 37.4 Å². The number of unbranched alkanes of at least 4 members (excludes halogenated alkanes) is 1. The number of rotatable bonds is 6. The maximum atomic E-state index is 12.5. The lowest BCUT2D eigenvalue weighted by Crippen LogP contribution is -2.40. The number of carbonyl (C=O) groups excluding carboxylic acids is 1. The molecule has 0 saturated heterocycles. The fourth-order valence-electron chi connectivity index (χ4n) is 2.25. The minimum absolute atomic E-state index is 0.259. The summed E-state index contributed by atoms with van der Waals surface area (Å²) in [5.74, 6) is -1.54. The van der Waals surface area contributed by atoms with Crippen LogP contribution in [0.4, 0.5) is 0 Å². The lowest BCUT2D eigenvalue weighted by atomic mass is 10.1. The lowest BCUT2D eigenvalue weighted by Gasteiger charge is -2.15. The van der Waals surface area contributed by atoms with Crippen LogP contribution in [0.3, 0.4) is 0 Å². The largest absolute Gasteiger partial charge is 0.480 e.